The molecular formula is C56H54F2N10O9. The summed E-state index contributed by atoms with van der Waals surface area (Å²) < 4.78 is 44.9. The number of fused-ring (bicyclic) bond motifs is 6. The molecule has 2 aromatic heterocycles. The molecule has 396 valence electrons. The molecule has 6 saturated heterocycles. The van der Waals surface area contributed by atoms with E-state index >= 15 is 8.78 Å². The van der Waals surface area contributed by atoms with Crippen molar-refractivity contribution in [1.29, 1.82) is 0 Å². The van der Waals surface area contributed by atoms with Crippen LogP contribution in [0, 0.1) is 29.9 Å². The molecule has 21 heteroatoms. The molecule has 6 amide bonds. The number of hydrogen-bond donors (Lipinski definition) is 4. The molecule has 1 unspecified atom stereocenters. The highest BCUT2D eigenvalue weighted by atomic mass is 19.1. The number of carbonyl (C=O) groups excluding carboxylic acids is 6. The number of likely N-dealkylation sites (tertiary alicyclic amines) is 1. The monoisotopic (exact) mass is 1050 g/mol. The van der Waals surface area contributed by atoms with Crippen LogP contribution in [0.25, 0.3) is 32.9 Å². The van der Waals surface area contributed by atoms with Crippen molar-refractivity contribution in [2.45, 2.75) is 93.9 Å². The van der Waals surface area contributed by atoms with E-state index < -0.39 is 52.9 Å². The Morgan fingerprint density at radius 3 is 2.53 bits per heavy atom. The summed E-state index contributed by atoms with van der Waals surface area (Å²) >= 11 is 0. The molecule has 3 aromatic carbocycles. The van der Waals surface area contributed by atoms with Gasteiger partial charge in [-0.1, -0.05) is 30.2 Å². The molecule has 0 saturated carbocycles. The molecule has 0 radical (unpaired) electrons. The van der Waals surface area contributed by atoms with Crippen molar-refractivity contribution in [2.75, 3.05) is 56.2 Å². The summed E-state index contributed by atoms with van der Waals surface area (Å²) in [4.78, 5) is 99.1. The number of piperidine rings is 2. The van der Waals surface area contributed by atoms with Gasteiger partial charge in [0.25, 0.3) is 11.8 Å². The molecule has 19 nitrogen and oxygen atoms in total. The number of rotatable bonds is 11. The van der Waals surface area contributed by atoms with E-state index in [0.717, 1.165) is 23.3 Å². The standard InChI is InChI=1S/C56H54F2N10O9/c1-3-36-40(57)10-7-31-20-35(69)21-38(45(31)36)48-47(58)49-39(23-59-48)50(66-25-32-8-9-33(26-66)60-32)64-54(63-49)77-28-56-16-13-34(67(56)24-29(2)22-56)27-76-55(75)65-17-14-30(15-18-65)19-44(71)61-41-6-4-5-37-46(41)53(74)68(52(37)73)42-11-12-43(70)62-51(42)72/h1,4-7,10,20-21,23,30,32-34,42,60,69H,2,8-9,11-19,22,24-28H2,(H,61,71)(H,62,70,72)/t32-,33+,34-,42?,56-/m0/s1. The lowest BCUT2D eigenvalue weighted by Crippen LogP contribution is -2.54. The Hall–Kier alpha value is -8.09. The van der Waals surface area contributed by atoms with Crippen molar-refractivity contribution in [3.63, 3.8) is 0 Å². The van der Waals surface area contributed by atoms with Crippen LogP contribution in [0.3, 0.4) is 0 Å². The van der Waals surface area contributed by atoms with Crippen LogP contribution in [-0.4, -0.2) is 146 Å². The number of imide groups is 2. The van der Waals surface area contributed by atoms with Crippen LogP contribution in [0.4, 0.5) is 25.1 Å². The van der Waals surface area contributed by atoms with Crippen LogP contribution >= 0.6 is 0 Å². The maximum atomic E-state index is 17.3. The zero-order valence-corrected chi connectivity index (χ0v) is 41.9. The quantitative estimate of drug-likeness (QED) is 0.0720. The van der Waals surface area contributed by atoms with Crippen LogP contribution < -0.4 is 25.6 Å². The van der Waals surface area contributed by atoms with Crippen LogP contribution in [-0.2, 0) is 19.1 Å². The number of terminal acetylenes is 1. The van der Waals surface area contributed by atoms with Gasteiger partial charge in [0.1, 0.15) is 47.9 Å². The smallest absolute Gasteiger partial charge is 0.409 e. The summed E-state index contributed by atoms with van der Waals surface area (Å²) in [6.45, 7) is 7.13. The predicted octanol–water partition coefficient (Wildman–Crippen LogP) is 5.57. The Balaban J connectivity index is 0.699. The summed E-state index contributed by atoms with van der Waals surface area (Å²) in [5.74, 6) is -1.84. The van der Waals surface area contributed by atoms with Gasteiger partial charge in [-0.15, -0.1) is 6.42 Å². The summed E-state index contributed by atoms with van der Waals surface area (Å²) in [6, 6.07) is 9.07. The third kappa shape index (κ3) is 8.92. The van der Waals surface area contributed by atoms with E-state index in [0.29, 0.717) is 81.4 Å². The van der Waals surface area contributed by atoms with Gasteiger partial charge in [-0.05, 0) is 93.0 Å². The van der Waals surface area contributed by atoms with E-state index in [1.54, 1.807) is 11.0 Å². The molecule has 2 bridgehead atoms. The van der Waals surface area contributed by atoms with Crippen molar-refractivity contribution in [3.8, 4) is 35.4 Å². The molecule has 4 N–H and O–H groups in total. The lowest BCUT2D eigenvalue weighted by molar-refractivity contribution is -0.136. The highest BCUT2D eigenvalue weighted by Gasteiger charge is 2.52. The predicted molar refractivity (Wildman–Crippen MR) is 276 cm³/mol. The second kappa shape index (κ2) is 19.5. The minimum absolute atomic E-state index is 0.00399. The second-order valence-corrected chi connectivity index (χ2v) is 21.4. The minimum atomic E-state index is -1.14. The third-order valence-corrected chi connectivity index (χ3v) is 16.5. The van der Waals surface area contributed by atoms with Gasteiger partial charge in [0.05, 0.1) is 33.3 Å². The number of nitrogens with zero attached hydrogens (tertiary/aromatic N) is 7. The van der Waals surface area contributed by atoms with Crippen molar-refractivity contribution in [3.05, 3.63) is 89.1 Å². The molecule has 9 heterocycles. The highest BCUT2D eigenvalue weighted by molar-refractivity contribution is 6.26. The number of piperazine rings is 1. The Kier molecular flexibility index (Phi) is 12.6. The molecule has 0 spiro atoms. The topological polar surface area (TPSA) is 229 Å². The number of aromatic nitrogens is 3. The van der Waals surface area contributed by atoms with Gasteiger partial charge in [0, 0.05) is 80.8 Å². The molecule has 5 atom stereocenters. The molecule has 77 heavy (non-hydrogen) atoms. The van der Waals surface area contributed by atoms with Crippen molar-refractivity contribution < 1.29 is 52.1 Å². The van der Waals surface area contributed by atoms with Gasteiger partial charge in [-0.3, -0.25) is 44.1 Å². The fraction of sp³-hybridized carbons (Fsp3) is 0.411. The zero-order valence-electron chi connectivity index (χ0n) is 41.9. The average Bonchev–Trinajstić information content (AvgIpc) is 4.20. The van der Waals surface area contributed by atoms with E-state index in [-0.39, 0.29) is 119 Å². The Morgan fingerprint density at radius 2 is 1.77 bits per heavy atom. The van der Waals surface area contributed by atoms with Crippen LogP contribution in [0.2, 0.25) is 0 Å². The number of pyridine rings is 1. The summed E-state index contributed by atoms with van der Waals surface area (Å²) in [5.41, 5.74) is 0.449. The first-order valence-electron chi connectivity index (χ1n) is 26.1. The van der Waals surface area contributed by atoms with Crippen molar-refractivity contribution in [2.24, 2.45) is 5.92 Å². The fourth-order valence-corrected chi connectivity index (χ4v) is 12.8. The number of phenols is 1. The number of aromatic hydroxyl groups is 1. The fourth-order valence-electron chi connectivity index (χ4n) is 12.8. The number of halogens is 2. The van der Waals surface area contributed by atoms with Gasteiger partial charge < -0.3 is 35.0 Å². The van der Waals surface area contributed by atoms with Crippen molar-refractivity contribution >= 4 is 68.8 Å². The largest absolute Gasteiger partial charge is 0.508 e. The summed E-state index contributed by atoms with van der Waals surface area (Å²) in [5, 5.41) is 20.3. The third-order valence-electron chi connectivity index (χ3n) is 16.5. The lowest BCUT2D eigenvalue weighted by Gasteiger charge is -2.35. The minimum Gasteiger partial charge on any atom is -0.508 e. The number of nitrogens with one attached hydrogen (secondary N) is 3. The van der Waals surface area contributed by atoms with Crippen LogP contribution in [0.5, 0.6) is 11.8 Å². The van der Waals surface area contributed by atoms with Crippen LogP contribution in [0.1, 0.15) is 90.5 Å². The Labute approximate surface area is 440 Å². The number of phenolic OH excluding ortho intramolecular Hbond substituents is 1. The number of amides is 6. The number of carbonyl (C=O) groups is 6. The normalized spacial score (nSPS) is 24.4. The Morgan fingerprint density at radius 1 is 0.974 bits per heavy atom. The molecular weight excluding hydrogens is 995 g/mol. The van der Waals surface area contributed by atoms with Gasteiger partial charge in [0.2, 0.25) is 17.7 Å². The van der Waals surface area contributed by atoms with Crippen LogP contribution in [0.15, 0.2) is 60.8 Å². The zero-order chi connectivity index (χ0) is 53.4. The SMILES string of the molecule is C#Cc1c(F)ccc2cc(O)cc(-c3ncc4c(N5C[C@H]6CC[C@@H](C5)N6)nc(OC[C@@]56CC[C@@H](COC(=O)N7CCC(CC(=O)Nc8cccc9c8C(=O)N(C8CCC(=O)NC8=O)C9=O)CC7)N5CC(=C)C6)nc4c3F)c12. The Bertz CT molecular complexity index is 3420. The van der Waals surface area contributed by atoms with E-state index in [1.807, 2.05) is 0 Å². The molecule has 0 aliphatic carbocycles. The number of benzene rings is 3. The molecule has 6 fully saturated rings. The molecule has 7 aliphatic heterocycles. The number of anilines is 2. The lowest BCUT2D eigenvalue weighted by atomic mass is 9.93. The summed E-state index contributed by atoms with van der Waals surface area (Å²) in [6.07, 6.45) is 12.0. The number of ether oxygens (including phenoxy) is 2. The van der Waals surface area contributed by atoms with Gasteiger partial charge in [0.15, 0.2) is 5.82 Å². The highest BCUT2D eigenvalue weighted by Crippen LogP contribution is 2.45. The van der Waals surface area contributed by atoms with Gasteiger partial charge in [-0.25, -0.2) is 13.6 Å². The molecule has 5 aromatic rings. The van der Waals surface area contributed by atoms with Crippen molar-refractivity contribution in [1.82, 2.24) is 40.3 Å². The van der Waals surface area contributed by atoms with E-state index in [4.69, 9.17) is 20.9 Å². The van der Waals surface area contributed by atoms with E-state index in [2.05, 4.69) is 48.2 Å². The molecule has 7 aliphatic rings. The maximum absolute atomic E-state index is 17.3. The summed E-state index contributed by atoms with van der Waals surface area (Å²) in [7, 11) is 0. The molecule has 12 rings (SSSR count). The van der Waals surface area contributed by atoms with Gasteiger partial charge in [-0.2, -0.15) is 9.97 Å². The maximum Gasteiger partial charge on any atom is 0.409 e. The average molecular weight is 1050 g/mol. The number of hydrogen-bond acceptors (Lipinski definition) is 15. The van der Waals surface area contributed by atoms with E-state index in [9.17, 15) is 33.9 Å². The van der Waals surface area contributed by atoms with Gasteiger partial charge >= 0.3 is 12.1 Å². The first-order chi connectivity index (χ1) is 37.1. The first kappa shape index (κ1) is 49.8. The first-order valence-corrected chi connectivity index (χ1v) is 26.1. The second-order valence-electron chi connectivity index (χ2n) is 21.4. The van der Waals surface area contributed by atoms with E-state index in [1.165, 1.54) is 42.6 Å².